The summed E-state index contributed by atoms with van der Waals surface area (Å²) < 4.78 is 11.4. The molecule has 4 heterocycles. The average molecular weight is 449 g/mol. The van der Waals surface area contributed by atoms with Crippen molar-refractivity contribution in [1.82, 2.24) is 34.3 Å². The lowest BCUT2D eigenvalue weighted by Crippen LogP contribution is -2.28. The van der Waals surface area contributed by atoms with Crippen LogP contribution in [0.15, 0.2) is 35.5 Å². The number of ether oxygens (including phenoxy) is 1. The standard InChI is InChI=1S/C23H28N8O2/c1-14-9-21(32)30(4)28-23(14)33-17-7-5-16(6-8-17)31-19-10-20(24-2)25-12-18(19)22(27-31)15-11-26-29(3)13-15/h9-13,16-17H,5-8H2,1-4H3,(H,24,25)/t16-,17+. The number of anilines is 1. The molecule has 10 nitrogen and oxygen atoms in total. The normalized spacial score (nSPS) is 18.5. The summed E-state index contributed by atoms with van der Waals surface area (Å²) in [5, 5.41) is 17.8. The molecule has 4 aromatic rings. The van der Waals surface area contributed by atoms with Crippen LogP contribution < -0.4 is 15.6 Å². The van der Waals surface area contributed by atoms with Gasteiger partial charge < -0.3 is 10.1 Å². The van der Waals surface area contributed by atoms with E-state index >= 15 is 0 Å². The van der Waals surface area contributed by atoms with Gasteiger partial charge in [-0.05, 0) is 32.6 Å². The van der Waals surface area contributed by atoms with E-state index in [0.717, 1.165) is 59.2 Å². The Hall–Kier alpha value is -3.69. The molecule has 10 heteroatoms. The van der Waals surface area contributed by atoms with Crippen LogP contribution in [0.5, 0.6) is 5.88 Å². The van der Waals surface area contributed by atoms with E-state index in [2.05, 4.69) is 31.2 Å². The van der Waals surface area contributed by atoms with Gasteiger partial charge in [-0.25, -0.2) is 9.67 Å². The molecule has 0 unspecified atom stereocenters. The van der Waals surface area contributed by atoms with Crippen molar-refractivity contribution < 1.29 is 4.74 Å². The van der Waals surface area contributed by atoms with Gasteiger partial charge in [-0.1, -0.05) is 0 Å². The molecule has 0 bridgehead atoms. The molecule has 1 aliphatic rings. The van der Waals surface area contributed by atoms with Crippen molar-refractivity contribution in [1.29, 1.82) is 0 Å². The Labute approximate surface area is 191 Å². The zero-order chi connectivity index (χ0) is 23.1. The number of hydrogen-bond acceptors (Lipinski definition) is 7. The quantitative estimate of drug-likeness (QED) is 0.500. The van der Waals surface area contributed by atoms with Gasteiger partial charge in [0.2, 0.25) is 5.88 Å². The van der Waals surface area contributed by atoms with Crippen LogP contribution in [0.1, 0.15) is 37.3 Å². The summed E-state index contributed by atoms with van der Waals surface area (Å²) in [6.45, 7) is 1.86. The van der Waals surface area contributed by atoms with Crippen LogP contribution in [0.2, 0.25) is 0 Å². The van der Waals surface area contributed by atoms with Crippen molar-refractivity contribution in [2.45, 2.75) is 44.8 Å². The molecule has 33 heavy (non-hydrogen) atoms. The second-order valence-corrected chi connectivity index (χ2v) is 8.68. The van der Waals surface area contributed by atoms with E-state index in [0.29, 0.717) is 5.88 Å². The molecule has 5 rings (SSSR count). The van der Waals surface area contributed by atoms with Crippen molar-refractivity contribution in [3.63, 3.8) is 0 Å². The maximum absolute atomic E-state index is 11.8. The third kappa shape index (κ3) is 3.96. The van der Waals surface area contributed by atoms with Crippen LogP contribution in [0.3, 0.4) is 0 Å². The minimum atomic E-state index is -0.131. The number of nitrogens with zero attached hydrogens (tertiary/aromatic N) is 7. The fraction of sp³-hybridized carbons (Fsp3) is 0.435. The first-order valence-electron chi connectivity index (χ1n) is 11.2. The van der Waals surface area contributed by atoms with Crippen molar-refractivity contribution in [3.05, 3.63) is 46.6 Å². The summed E-state index contributed by atoms with van der Waals surface area (Å²) in [4.78, 5) is 16.3. The molecular formula is C23H28N8O2. The highest BCUT2D eigenvalue weighted by Gasteiger charge is 2.27. The number of rotatable bonds is 5. The van der Waals surface area contributed by atoms with E-state index in [1.54, 1.807) is 17.8 Å². The minimum absolute atomic E-state index is 0.0686. The highest BCUT2D eigenvalue weighted by Crippen LogP contribution is 2.36. The van der Waals surface area contributed by atoms with Crippen molar-refractivity contribution in [3.8, 4) is 17.1 Å². The summed E-state index contributed by atoms with van der Waals surface area (Å²) in [6, 6.07) is 3.89. The van der Waals surface area contributed by atoms with Gasteiger partial charge in [-0.3, -0.25) is 14.2 Å². The lowest BCUT2D eigenvalue weighted by atomic mass is 9.93. The van der Waals surface area contributed by atoms with Gasteiger partial charge >= 0.3 is 0 Å². The van der Waals surface area contributed by atoms with Crippen LogP contribution in [0, 0.1) is 6.92 Å². The van der Waals surface area contributed by atoms with E-state index in [1.165, 1.54) is 4.68 Å². The molecule has 172 valence electrons. The lowest BCUT2D eigenvalue weighted by molar-refractivity contribution is 0.122. The second kappa shape index (κ2) is 8.34. The SMILES string of the molecule is CNc1cc2c(cn1)c(-c1cnn(C)c1)nn2[C@H]1CC[C@@H](Oc2nn(C)c(=O)cc2C)CC1. The first-order chi connectivity index (χ1) is 15.9. The molecule has 1 saturated carbocycles. The van der Waals surface area contributed by atoms with Gasteiger partial charge in [-0.2, -0.15) is 10.2 Å². The number of pyridine rings is 1. The molecule has 0 aromatic carbocycles. The molecule has 1 N–H and O–H groups in total. The Bertz CT molecular complexity index is 1360. The second-order valence-electron chi connectivity index (χ2n) is 8.68. The number of aryl methyl sites for hydroxylation is 3. The Balaban J connectivity index is 1.40. The largest absolute Gasteiger partial charge is 0.473 e. The zero-order valence-corrected chi connectivity index (χ0v) is 19.3. The molecule has 0 saturated heterocycles. The van der Waals surface area contributed by atoms with Gasteiger partial charge in [0.05, 0.1) is 17.8 Å². The highest BCUT2D eigenvalue weighted by molar-refractivity contribution is 5.93. The highest BCUT2D eigenvalue weighted by atomic mass is 16.5. The monoisotopic (exact) mass is 448 g/mol. The summed E-state index contributed by atoms with van der Waals surface area (Å²) in [7, 11) is 5.42. The van der Waals surface area contributed by atoms with Gasteiger partial charge in [0.15, 0.2) is 0 Å². The van der Waals surface area contributed by atoms with E-state index in [1.807, 2.05) is 39.6 Å². The Morgan fingerprint density at radius 3 is 2.58 bits per heavy atom. The first-order valence-corrected chi connectivity index (χ1v) is 11.2. The first kappa shape index (κ1) is 21.2. The molecule has 0 spiro atoms. The third-order valence-electron chi connectivity index (χ3n) is 6.33. The summed E-state index contributed by atoms with van der Waals surface area (Å²) in [5.41, 5.74) is 3.58. The Kier molecular flexibility index (Phi) is 5.35. The van der Waals surface area contributed by atoms with Crippen LogP contribution in [0.4, 0.5) is 5.82 Å². The number of aromatic nitrogens is 7. The summed E-state index contributed by atoms with van der Waals surface area (Å²) in [6.07, 6.45) is 9.43. The molecule has 0 radical (unpaired) electrons. The molecule has 0 aliphatic heterocycles. The van der Waals surface area contributed by atoms with Crippen LogP contribution in [0.25, 0.3) is 22.2 Å². The summed E-state index contributed by atoms with van der Waals surface area (Å²) >= 11 is 0. The van der Waals surface area contributed by atoms with Crippen molar-refractivity contribution >= 4 is 16.7 Å². The van der Waals surface area contributed by atoms with Gasteiger partial charge in [-0.15, -0.1) is 5.10 Å². The van der Waals surface area contributed by atoms with Crippen LogP contribution in [-0.2, 0) is 14.1 Å². The van der Waals surface area contributed by atoms with E-state index in [4.69, 9.17) is 9.84 Å². The fourth-order valence-electron chi connectivity index (χ4n) is 4.49. The number of fused-ring (bicyclic) bond motifs is 1. The van der Waals surface area contributed by atoms with Crippen LogP contribution >= 0.6 is 0 Å². The third-order valence-corrected chi connectivity index (χ3v) is 6.33. The van der Waals surface area contributed by atoms with E-state index < -0.39 is 0 Å². The maximum Gasteiger partial charge on any atom is 0.266 e. The van der Waals surface area contributed by atoms with E-state index in [9.17, 15) is 4.79 Å². The maximum atomic E-state index is 11.8. The smallest absolute Gasteiger partial charge is 0.266 e. The van der Waals surface area contributed by atoms with Gasteiger partial charge in [0.1, 0.15) is 17.6 Å². The van der Waals surface area contributed by atoms with Gasteiger partial charge in [0, 0.05) is 62.2 Å². The molecular weight excluding hydrogens is 420 g/mol. The predicted molar refractivity (Wildman–Crippen MR) is 125 cm³/mol. The molecule has 0 atom stereocenters. The number of hydrogen-bond donors (Lipinski definition) is 1. The molecule has 4 aromatic heterocycles. The predicted octanol–water partition coefficient (Wildman–Crippen LogP) is 2.84. The topological polar surface area (TPSA) is 105 Å². The Morgan fingerprint density at radius 2 is 1.88 bits per heavy atom. The lowest BCUT2D eigenvalue weighted by Gasteiger charge is -2.29. The summed E-state index contributed by atoms with van der Waals surface area (Å²) in [5.74, 6) is 1.35. The van der Waals surface area contributed by atoms with Crippen LogP contribution in [-0.4, -0.2) is 47.5 Å². The van der Waals surface area contributed by atoms with Crippen molar-refractivity contribution in [2.75, 3.05) is 12.4 Å². The van der Waals surface area contributed by atoms with Gasteiger partial charge in [0.25, 0.3) is 5.56 Å². The van der Waals surface area contributed by atoms with E-state index in [-0.39, 0.29) is 17.7 Å². The average Bonchev–Trinajstić information content (AvgIpc) is 3.41. The minimum Gasteiger partial charge on any atom is -0.473 e. The molecule has 1 aliphatic carbocycles. The zero-order valence-electron chi connectivity index (χ0n) is 19.3. The number of nitrogens with one attached hydrogen (secondary N) is 1. The Morgan fingerprint density at radius 1 is 1.09 bits per heavy atom. The van der Waals surface area contributed by atoms with Crippen molar-refractivity contribution in [2.24, 2.45) is 14.1 Å². The molecule has 1 fully saturated rings. The molecule has 0 amide bonds. The fourth-order valence-corrected chi connectivity index (χ4v) is 4.49.